The largest absolute Gasteiger partial charge is 0.493 e. The summed E-state index contributed by atoms with van der Waals surface area (Å²) >= 11 is 0. The number of fused-ring (bicyclic) bond motifs is 1. The lowest BCUT2D eigenvalue weighted by atomic mass is 10.00. The topological polar surface area (TPSA) is 75.7 Å². The van der Waals surface area contributed by atoms with E-state index in [1.54, 1.807) is 30.3 Å². The second-order valence-corrected chi connectivity index (χ2v) is 6.92. The van der Waals surface area contributed by atoms with E-state index in [9.17, 15) is 14.4 Å². The third-order valence-corrected chi connectivity index (χ3v) is 4.91. The molecule has 1 aliphatic rings. The van der Waals surface area contributed by atoms with Crippen LogP contribution in [0.5, 0.6) is 5.75 Å². The van der Waals surface area contributed by atoms with E-state index < -0.39 is 17.8 Å². The molecule has 0 aliphatic carbocycles. The Morgan fingerprint density at radius 1 is 0.933 bits per heavy atom. The van der Waals surface area contributed by atoms with Crippen LogP contribution in [0, 0.1) is 6.92 Å². The Hall–Kier alpha value is -3.93. The standard InChI is InChI=1S/C24H20N2O4/c1-3-30-21-13-10-16(18-6-4-5-7-19(18)21)14-20-22(27)25-24(29)26(23(20)28)17-11-8-15(2)9-12-17/h4-14H,3H2,1-2H3,(H,25,27,29)/b20-14+. The van der Waals surface area contributed by atoms with Gasteiger partial charge in [0.15, 0.2) is 0 Å². The number of urea groups is 1. The van der Waals surface area contributed by atoms with Crippen molar-refractivity contribution in [2.24, 2.45) is 0 Å². The molecule has 0 unspecified atom stereocenters. The normalized spacial score (nSPS) is 15.6. The van der Waals surface area contributed by atoms with Gasteiger partial charge in [0.25, 0.3) is 11.8 Å². The molecule has 1 saturated heterocycles. The molecule has 150 valence electrons. The molecule has 6 heteroatoms. The SMILES string of the molecule is CCOc1ccc(/C=C2\C(=O)NC(=O)N(c3ccc(C)cc3)C2=O)c2ccccc12. The number of anilines is 1. The van der Waals surface area contributed by atoms with Crippen LogP contribution in [-0.4, -0.2) is 24.5 Å². The van der Waals surface area contributed by atoms with Gasteiger partial charge in [-0.1, -0.05) is 48.0 Å². The van der Waals surface area contributed by atoms with Crippen LogP contribution in [0.2, 0.25) is 0 Å². The number of hydrogen-bond donors (Lipinski definition) is 1. The van der Waals surface area contributed by atoms with Crippen LogP contribution in [0.25, 0.3) is 16.8 Å². The van der Waals surface area contributed by atoms with Gasteiger partial charge < -0.3 is 4.74 Å². The summed E-state index contributed by atoms with van der Waals surface area (Å²) in [6.45, 7) is 4.35. The van der Waals surface area contributed by atoms with Crippen molar-refractivity contribution in [1.82, 2.24) is 5.32 Å². The van der Waals surface area contributed by atoms with Crippen molar-refractivity contribution in [2.45, 2.75) is 13.8 Å². The Balaban J connectivity index is 1.80. The molecule has 0 spiro atoms. The third kappa shape index (κ3) is 3.43. The molecule has 6 nitrogen and oxygen atoms in total. The van der Waals surface area contributed by atoms with Gasteiger partial charge in [-0.15, -0.1) is 0 Å². The number of barbiturate groups is 1. The summed E-state index contributed by atoms with van der Waals surface area (Å²) in [6, 6.07) is 17.4. The predicted octanol–water partition coefficient (Wildman–Crippen LogP) is 4.21. The minimum Gasteiger partial charge on any atom is -0.493 e. The number of ether oxygens (including phenoxy) is 1. The first-order chi connectivity index (χ1) is 14.5. The molecule has 0 radical (unpaired) electrons. The summed E-state index contributed by atoms with van der Waals surface area (Å²) < 4.78 is 5.69. The fraction of sp³-hybridized carbons (Fsp3) is 0.125. The molecule has 3 aromatic rings. The quantitative estimate of drug-likeness (QED) is 0.526. The number of nitrogens with one attached hydrogen (secondary N) is 1. The maximum absolute atomic E-state index is 13.1. The molecule has 0 atom stereocenters. The zero-order valence-electron chi connectivity index (χ0n) is 16.6. The van der Waals surface area contributed by atoms with E-state index in [0.29, 0.717) is 17.9 Å². The zero-order valence-corrected chi connectivity index (χ0v) is 16.6. The van der Waals surface area contributed by atoms with Crippen LogP contribution in [0.3, 0.4) is 0 Å². The van der Waals surface area contributed by atoms with Crippen molar-refractivity contribution in [3.05, 3.63) is 77.4 Å². The van der Waals surface area contributed by atoms with Crippen LogP contribution in [0.1, 0.15) is 18.1 Å². The van der Waals surface area contributed by atoms with Gasteiger partial charge in [0.2, 0.25) is 0 Å². The van der Waals surface area contributed by atoms with Crippen LogP contribution in [-0.2, 0) is 9.59 Å². The van der Waals surface area contributed by atoms with Crippen molar-refractivity contribution in [3.8, 4) is 5.75 Å². The second kappa shape index (κ2) is 7.83. The van der Waals surface area contributed by atoms with Gasteiger partial charge in [-0.2, -0.15) is 0 Å². The van der Waals surface area contributed by atoms with Crippen molar-refractivity contribution >= 4 is 40.4 Å². The summed E-state index contributed by atoms with van der Waals surface area (Å²) in [5, 5.41) is 3.98. The van der Waals surface area contributed by atoms with E-state index in [4.69, 9.17) is 4.74 Å². The number of aryl methyl sites for hydroxylation is 1. The first-order valence-corrected chi connectivity index (χ1v) is 9.62. The van der Waals surface area contributed by atoms with Gasteiger partial charge in [0.1, 0.15) is 11.3 Å². The molecule has 3 aromatic carbocycles. The van der Waals surface area contributed by atoms with Gasteiger partial charge in [-0.3, -0.25) is 14.9 Å². The number of benzene rings is 3. The highest BCUT2D eigenvalue weighted by atomic mass is 16.5. The number of imide groups is 2. The van der Waals surface area contributed by atoms with Gasteiger partial charge in [-0.25, -0.2) is 9.69 Å². The number of nitrogens with zero attached hydrogens (tertiary/aromatic N) is 1. The highest BCUT2D eigenvalue weighted by Gasteiger charge is 2.36. The highest BCUT2D eigenvalue weighted by Crippen LogP contribution is 2.31. The predicted molar refractivity (Wildman–Crippen MR) is 115 cm³/mol. The Morgan fingerprint density at radius 3 is 2.33 bits per heavy atom. The van der Waals surface area contributed by atoms with Gasteiger partial charge in [0.05, 0.1) is 12.3 Å². The molecule has 0 saturated carbocycles. The maximum Gasteiger partial charge on any atom is 0.335 e. The summed E-state index contributed by atoms with van der Waals surface area (Å²) in [4.78, 5) is 38.9. The molecule has 0 aromatic heterocycles. The highest BCUT2D eigenvalue weighted by molar-refractivity contribution is 6.39. The minimum absolute atomic E-state index is 0.107. The minimum atomic E-state index is -0.762. The monoisotopic (exact) mass is 400 g/mol. The summed E-state index contributed by atoms with van der Waals surface area (Å²) in [6.07, 6.45) is 1.52. The Morgan fingerprint density at radius 2 is 1.63 bits per heavy atom. The molecule has 4 amide bonds. The zero-order chi connectivity index (χ0) is 21.3. The molecule has 0 bridgehead atoms. The Bertz CT molecular complexity index is 1200. The average Bonchev–Trinajstić information content (AvgIpc) is 2.74. The fourth-order valence-electron chi connectivity index (χ4n) is 3.44. The third-order valence-electron chi connectivity index (χ3n) is 4.91. The first-order valence-electron chi connectivity index (χ1n) is 9.62. The molecular weight excluding hydrogens is 380 g/mol. The molecule has 1 N–H and O–H groups in total. The average molecular weight is 400 g/mol. The van der Waals surface area contributed by atoms with Crippen LogP contribution >= 0.6 is 0 Å². The van der Waals surface area contributed by atoms with Crippen LogP contribution in [0.15, 0.2) is 66.2 Å². The number of carbonyl (C=O) groups excluding carboxylic acids is 3. The van der Waals surface area contributed by atoms with Crippen LogP contribution in [0.4, 0.5) is 10.5 Å². The number of rotatable bonds is 4. The number of hydrogen-bond acceptors (Lipinski definition) is 4. The Kier molecular flexibility index (Phi) is 5.06. The molecular formula is C24H20N2O4. The smallest absolute Gasteiger partial charge is 0.335 e. The van der Waals surface area contributed by atoms with Crippen molar-refractivity contribution in [1.29, 1.82) is 0 Å². The van der Waals surface area contributed by atoms with Gasteiger partial charge >= 0.3 is 6.03 Å². The lowest BCUT2D eigenvalue weighted by Gasteiger charge is -2.26. The fourth-order valence-corrected chi connectivity index (χ4v) is 3.44. The molecule has 1 aliphatic heterocycles. The van der Waals surface area contributed by atoms with Crippen molar-refractivity contribution in [2.75, 3.05) is 11.5 Å². The van der Waals surface area contributed by atoms with E-state index >= 15 is 0 Å². The molecule has 1 fully saturated rings. The lowest BCUT2D eigenvalue weighted by molar-refractivity contribution is -0.122. The summed E-state index contributed by atoms with van der Waals surface area (Å²) in [7, 11) is 0. The number of amides is 4. The van der Waals surface area contributed by atoms with E-state index in [1.807, 2.05) is 44.2 Å². The molecule has 4 rings (SSSR count). The van der Waals surface area contributed by atoms with Gasteiger partial charge in [0, 0.05) is 5.39 Å². The van der Waals surface area contributed by atoms with E-state index in [-0.39, 0.29) is 5.57 Å². The first kappa shape index (κ1) is 19.4. The maximum atomic E-state index is 13.1. The summed E-state index contributed by atoms with van der Waals surface area (Å²) in [5.74, 6) is -0.650. The second-order valence-electron chi connectivity index (χ2n) is 6.92. The molecule has 1 heterocycles. The van der Waals surface area contributed by atoms with E-state index in [1.165, 1.54) is 6.08 Å². The van der Waals surface area contributed by atoms with E-state index in [2.05, 4.69) is 5.32 Å². The Labute approximate surface area is 173 Å². The van der Waals surface area contributed by atoms with Crippen LogP contribution < -0.4 is 15.0 Å². The molecule has 30 heavy (non-hydrogen) atoms. The van der Waals surface area contributed by atoms with Gasteiger partial charge in [-0.05, 0) is 49.1 Å². The summed E-state index contributed by atoms with van der Waals surface area (Å²) in [5.41, 5.74) is 1.98. The van der Waals surface area contributed by atoms with Crippen molar-refractivity contribution < 1.29 is 19.1 Å². The number of carbonyl (C=O) groups is 3. The van der Waals surface area contributed by atoms with E-state index in [0.717, 1.165) is 27.0 Å². The van der Waals surface area contributed by atoms with Crippen molar-refractivity contribution in [3.63, 3.8) is 0 Å². The lowest BCUT2D eigenvalue weighted by Crippen LogP contribution is -2.54.